The third kappa shape index (κ3) is 22.4. The van der Waals surface area contributed by atoms with E-state index in [-0.39, 0.29) is 102 Å². The zero-order valence-electron chi connectivity index (χ0n) is 76.5. The van der Waals surface area contributed by atoms with E-state index >= 15 is 0 Å². The Morgan fingerprint density at radius 1 is 0.431 bits per heavy atom. The van der Waals surface area contributed by atoms with E-state index < -0.39 is 18.3 Å². The molecule has 0 radical (unpaired) electrons. The largest absolute Gasteiger partial charge is 0.486 e. The number of nitrogens with one attached hydrogen (secondary N) is 5. The normalized spacial score (nSPS) is 18.0. The second-order valence-corrected chi connectivity index (χ2v) is 34.6. The summed E-state index contributed by atoms with van der Waals surface area (Å²) in [4.78, 5) is 118. The van der Waals surface area contributed by atoms with Crippen molar-refractivity contribution in [3.8, 4) is 61.7 Å². The summed E-state index contributed by atoms with van der Waals surface area (Å²) in [7, 11) is 0. The first-order valence-corrected chi connectivity index (χ1v) is 44.2. The van der Waals surface area contributed by atoms with Gasteiger partial charge in [-0.05, 0) is 296 Å². The van der Waals surface area contributed by atoms with E-state index in [0.29, 0.717) is 43.4 Å². The van der Waals surface area contributed by atoms with Crippen molar-refractivity contribution in [1.82, 2.24) is 25.7 Å². The van der Waals surface area contributed by atoms with Gasteiger partial charge in [-0.2, -0.15) is 5.10 Å². The van der Waals surface area contributed by atoms with Gasteiger partial charge in [-0.25, -0.2) is 19.1 Å². The molecule has 676 valence electrons. The highest BCUT2D eigenvalue weighted by Crippen LogP contribution is 2.47. The lowest BCUT2D eigenvalue weighted by molar-refractivity contribution is -0.118. The molecule has 7 heterocycles. The minimum absolute atomic E-state index is 0.0182. The van der Waals surface area contributed by atoms with E-state index in [1.165, 1.54) is 31.7 Å². The van der Waals surface area contributed by atoms with Crippen molar-refractivity contribution >= 4 is 92.9 Å². The van der Waals surface area contributed by atoms with E-state index in [4.69, 9.17) is 28.1 Å². The Hall–Kier alpha value is -14.3. The minimum Gasteiger partial charge on any atom is -0.486 e. The SMILES string of the molecule is C=C(C)Cc1ccc(N[C@@H]2C[C@H](C)N(C(C)=O)c3ccc(-c4cccc(NC(C)=O)c4)cc32)cc1.CC(=O)N1c2ccc(-c3ccc4c(c3)OCCO4)cc2[C@H](NC(=O)OC(C)C)C[C@@H]1C.CC(=O)N1c2ccc(-c3ccc4occc(=O)c4c3)cc2[C@H](NC(=O)OC(C)C)C[C@@H]1C.CC(=O)N1c2ccc(-c3cccc(-n4cccn4)c3)cc2[C@H](NC(=O)OC(C)C)C[C@@H]1C. The second-order valence-electron chi connectivity index (χ2n) is 34.6. The number of hydrogen-bond acceptors (Lipinski definition) is 17. The molecule has 5 aliphatic heterocycles. The monoisotopic (exact) mass is 1760 g/mol. The molecule has 0 fully saturated rings. The molecule has 0 unspecified atom stereocenters. The van der Waals surface area contributed by atoms with Crippen LogP contribution in [-0.4, -0.2) is 113 Å². The number of rotatable bonds is 16. The van der Waals surface area contributed by atoms with Crippen molar-refractivity contribution in [2.75, 3.05) is 43.4 Å². The van der Waals surface area contributed by atoms with Crippen LogP contribution in [0, 0.1) is 0 Å². The maximum Gasteiger partial charge on any atom is 0.407 e. The van der Waals surface area contributed by atoms with Crippen LogP contribution in [-0.2, 0) is 44.6 Å². The molecule has 0 saturated heterocycles. The first-order valence-electron chi connectivity index (χ1n) is 44.2. The highest BCUT2D eigenvalue weighted by molar-refractivity contribution is 5.98. The number of hydrogen-bond donors (Lipinski definition) is 5. The number of ether oxygens (including phenoxy) is 5. The van der Waals surface area contributed by atoms with Gasteiger partial charge in [-0.3, -0.25) is 28.8 Å². The molecule has 0 spiro atoms. The summed E-state index contributed by atoms with van der Waals surface area (Å²) in [6.07, 6.45) is 6.41. The Bertz CT molecular complexity index is 6100. The molecule has 5 aliphatic rings. The summed E-state index contributed by atoms with van der Waals surface area (Å²) in [5, 5.41) is 20.3. The molecule has 8 atom stereocenters. The summed E-state index contributed by atoms with van der Waals surface area (Å²) < 4.78 is 34.4. The minimum atomic E-state index is -0.492. The number of fused-ring (bicyclic) bond motifs is 6. The van der Waals surface area contributed by atoms with Crippen molar-refractivity contribution in [2.45, 2.75) is 210 Å². The number of nitrogens with zero attached hydrogens (tertiary/aromatic N) is 6. The summed E-state index contributed by atoms with van der Waals surface area (Å²) in [5.74, 6) is 1.30. The predicted octanol–water partition coefficient (Wildman–Crippen LogP) is 20.8. The smallest absolute Gasteiger partial charge is 0.407 e. The number of aromatic nitrogens is 2. The Kier molecular flexibility index (Phi) is 29.6. The average Bonchev–Trinajstić information content (AvgIpc) is 0.890. The van der Waals surface area contributed by atoms with Gasteiger partial charge in [0, 0.05) is 111 Å². The highest BCUT2D eigenvalue weighted by atomic mass is 16.6. The lowest BCUT2D eigenvalue weighted by Gasteiger charge is -2.39. The molecular weight excluding hydrogens is 1640 g/mol. The fourth-order valence-electron chi connectivity index (χ4n) is 17.8. The molecule has 5 N–H and O–H groups in total. The number of carbonyl (C=O) groups is 8. The molecule has 26 heteroatoms. The molecule has 130 heavy (non-hydrogen) atoms. The lowest BCUT2D eigenvalue weighted by Crippen LogP contribution is -2.45. The highest BCUT2D eigenvalue weighted by Gasteiger charge is 2.39. The summed E-state index contributed by atoms with van der Waals surface area (Å²) in [6.45, 7) is 33.8. The van der Waals surface area contributed by atoms with Crippen LogP contribution in [0.3, 0.4) is 0 Å². The van der Waals surface area contributed by atoms with E-state index in [1.807, 2.05) is 205 Å². The first kappa shape index (κ1) is 93.3. The van der Waals surface area contributed by atoms with Crippen LogP contribution in [0.2, 0.25) is 0 Å². The number of allylic oxidation sites excluding steroid dienone is 1. The van der Waals surface area contributed by atoms with Crippen LogP contribution in [0.1, 0.15) is 188 Å². The van der Waals surface area contributed by atoms with E-state index in [2.05, 4.69) is 87.6 Å². The zero-order chi connectivity index (χ0) is 93.1. The molecule has 0 aliphatic carbocycles. The van der Waals surface area contributed by atoms with Crippen LogP contribution in [0.4, 0.5) is 48.5 Å². The van der Waals surface area contributed by atoms with Gasteiger partial charge in [-0.1, -0.05) is 84.9 Å². The van der Waals surface area contributed by atoms with Gasteiger partial charge in [0.15, 0.2) is 16.9 Å². The van der Waals surface area contributed by atoms with Gasteiger partial charge in [-0.15, -0.1) is 0 Å². The van der Waals surface area contributed by atoms with Gasteiger partial charge in [0.1, 0.15) is 18.8 Å². The van der Waals surface area contributed by atoms with Crippen LogP contribution in [0.5, 0.6) is 11.5 Å². The van der Waals surface area contributed by atoms with Crippen LogP contribution < -0.4 is 61.1 Å². The van der Waals surface area contributed by atoms with E-state index in [0.717, 1.165) is 136 Å². The molecule has 11 aromatic rings. The standard InChI is InChI=1S/C30H33N3O2.C25H28N4O3.C25H26N2O5.C24H28N2O5/c1-19(2)15-23-9-12-26(13-10-23)32-29-16-20(3)33(22(5)35)30-14-11-25(18-28(29)30)24-7-6-8-27(17-24)31-21(4)34;1-16(2)32-25(31)27-23-13-17(3)29(18(4)30)24-10-9-20(15-22(23)24)19-7-5-8-21(14-19)28-12-6-11-26-28;1-14(2)32-25(30)26-21-11-15(3)27(16(4)28)22-7-5-17(12-19(21)22)18-6-8-24-20(13-18)23(29)9-10-31-24;1-14(2)31-24(28)25-20-11-15(3)26(16(4)27)21-7-5-17(12-19(20)21)18-6-8-22-23(13-18)30-10-9-29-22/h6-14,17-18,20,29,32H,1,15-16H2,2-5H3,(H,31,34);5-12,14-17,23H,13H2,1-4H3,(H,27,31);5-10,12-15,21H,11H2,1-4H3,(H,26,30);5-8,12-15,20H,9-11H2,1-4H3,(H,25,28)/t20-,29+;17-,23+;15-,21+;15-,20+/m0000/s1. The third-order valence-corrected chi connectivity index (χ3v) is 23.1. The summed E-state index contributed by atoms with van der Waals surface area (Å²) in [5.41, 5.74) is 20.3. The third-order valence-electron chi connectivity index (χ3n) is 23.1. The number of anilines is 6. The molecule has 0 saturated carbocycles. The van der Waals surface area contributed by atoms with Crippen LogP contribution in [0.15, 0.2) is 234 Å². The fourth-order valence-corrected chi connectivity index (χ4v) is 17.8. The molecule has 16 rings (SSSR count). The van der Waals surface area contributed by atoms with Gasteiger partial charge >= 0.3 is 18.3 Å². The first-order chi connectivity index (χ1) is 62.1. The van der Waals surface area contributed by atoms with Crippen molar-refractivity contribution < 1.29 is 66.5 Å². The zero-order valence-corrected chi connectivity index (χ0v) is 76.5. The van der Waals surface area contributed by atoms with Crippen molar-refractivity contribution in [2.24, 2.45) is 0 Å². The molecule has 9 aromatic carbocycles. The summed E-state index contributed by atoms with van der Waals surface area (Å²) in [6, 6.07) is 62.1. The summed E-state index contributed by atoms with van der Waals surface area (Å²) >= 11 is 0. The molecule has 0 bridgehead atoms. The van der Waals surface area contributed by atoms with Crippen LogP contribution >= 0.6 is 0 Å². The molecule has 2 aromatic heterocycles. The topological polar surface area (TPSA) is 304 Å². The Morgan fingerprint density at radius 2 is 0.831 bits per heavy atom. The Labute approximate surface area is 758 Å². The second kappa shape index (κ2) is 41.2. The maximum atomic E-state index is 12.5. The lowest BCUT2D eigenvalue weighted by atomic mass is 9.88. The van der Waals surface area contributed by atoms with Gasteiger partial charge in [0.2, 0.25) is 29.5 Å². The quantitative estimate of drug-likeness (QED) is 0.0443. The van der Waals surface area contributed by atoms with E-state index in [9.17, 15) is 43.2 Å². The van der Waals surface area contributed by atoms with E-state index in [1.54, 1.807) is 67.6 Å². The van der Waals surface area contributed by atoms with Crippen molar-refractivity contribution in [3.63, 3.8) is 0 Å². The average molecular weight is 1760 g/mol. The number of amides is 8. The van der Waals surface area contributed by atoms with Crippen LogP contribution in [0.25, 0.3) is 61.2 Å². The fraction of sp³-hybridized carbons (Fsp3) is 0.327. The van der Waals surface area contributed by atoms with Crippen molar-refractivity contribution in [3.05, 3.63) is 263 Å². The Morgan fingerprint density at radius 3 is 1.26 bits per heavy atom. The number of carbonyl (C=O) groups excluding carboxylic acids is 8. The number of benzene rings is 9. The van der Waals surface area contributed by atoms with Gasteiger partial charge in [0.25, 0.3) is 0 Å². The molecule has 8 amide bonds. The molecular formula is C104H115N11O15. The van der Waals surface area contributed by atoms with Gasteiger partial charge < -0.3 is 74.3 Å². The molecule has 26 nitrogen and oxygen atoms in total. The van der Waals surface area contributed by atoms with Crippen molar-refractivity contribution in [1.29, 1.82) is 0 Å². The predicted molar refractivity (Wildman–Crippen MR) is 509 cm³/mol. The van der Waals surface area contributed by atoms with Gasteiger partial charge in [0.05, 0.1) is 59.8 Å². The Balaban J connectivity index is 0.000000148. The maximum absolute atomic E-state index is 12.5. The number of alkyl carbamates (subject to hydrolysis) is 3.